The number of aliphatic hydroxyl groups excluding tert-OH is 1. The molecule has 0 aromatic heterocycles. The van der Waals surface area contributed by atoms with Crippen LogP contribution in [-0.4, -0.2) is 52.3 Å². The van der Waals surface area contributed by atoms with Crippen molar-refractivity contribution in [3.8, 4) is 0 Å². The van der Waals surface area contributed by atoms with Gasteiger partial charge in [-0.3, -0.25) is 14.1 Å². The molecule has 0 aliphatic carbocycles. The van der Waals surface area contributed by atoms with Crippen LogP contribution >= 0.6 is 7.82 Å². The number of phosphoric ester groups is 1. The Morgan fingerprint density at radius 1 is 0.574 bits per heavy atom. The van der Waals surface area contributed by atoms with E-state index in [1.54, 1.807) is 12.2 Å². The van der Waals surface area contributed by atoms with Gasteiger partial charge in [0.25, 0.3) is 0 Å². The third kappa shape index (κ3) is 40.9. The van der Waals surface area contributed by atoms with Gasteiger partial charge < -0.3 is 24.4 Å². The summed E-state index contributed by atoms with van der Waals surface area (Å²) in [5.41, 5.74) is 0. The average molecular weight is 781 g/mol. The van der Waals surface area contributed by atoms with Crippen molar-refractivity contribution in [2.75, 3.05) is 13.2 Å². The molecular weight excluding hydrogens is 703 g/mol. The monoisotopic (exact) mass is 781 g/mol. The summed E-state index contributed by atoms with van der Waals surface area (Å²) in [7, 11) is -4.81. The highest BCUT2D eigenvalue weighted by Crippen LogP contribution is 2.36. The maximum atomic E-state index is 12.4. The topological polar surface area (TPSA) is 140 Å². The Kier molecular flexibility index (Phi) is 37.3. The smallest absolute Gasteiger partial charge is 0.462 e. The summed E-state index contributed by atoms with van der Waals surface area (Å²) in [6.45, 7) is 3.42. The molecule has 2 atom stereocenters. The van der Waals surface area contributed by atoms with Crippen molar-refractivity contribution in [3.05, 3.63) is 60.8 Å². The first-order chi connectivity index (χ1) is 26.2. The summed E-state index contributed by atoms with van der Waals surface area (Å²) in [5, 5.41) is 10.2. The van der Waals surface area contributed by atoms with Gasteiger partial charge in [0.2, 0.25) is 0 Å². The van der Waals surface area contributed by atoms with Crippen LogP contribution in [0.2, 0.25) is 0 Å². The van der Waals surface area contributed by atoms with E-state index in [1.807, 2.05) is 12.2 Å². The molecule has 1 unspecified atom stereocenters. The van der Waals surface area contributed by atoms with Gasteiger partial charge in [0, 0.05) is 12.8 Å². The Morgan fingerprint density at radius 2 is 1.04 bits per heavy atom. The van der Waals surface area contributed by atoms with Crippen molar-refractivity contribution in [2.24, 2.45) is 0 Å². The molecule has 312 valence electrons. The number of rotatable bonds is 38. The van der Waals surface area contributed by atoms with E-state index < -0.39 is 38.6 Å². The van der Waals surface area contributed by atoms with E-state index in [-0.39, 0.29) is 19.4 Å². The molecule has 0 aromatic rings. The molecule has 10 heteroatoms. The van der Waals surface area contributed by atoms with Crippen molar-refractivity contribution >= 4 is 19.8 Å². The minimum atomic E-state index is -4.81. The van der Waals surface area contributed by atoms with Gasteiger partial charge in [0.05, 0.1) is 12.7 Å². The van der Waals surface area contributed by atoms with Crippen molar-refractivity contribution in [1.82, 2.24) is 0 Å². The van der Waals surface area contributed by atoms with Gasteiger partial charge in [-0.25, -0.2) is 4.57 Å². The lowest BCUT2D eigenvalue weighted by molar-refractivity contribution is -0.161. The molecule has 0 bridgehead atoms. The first-order valence-electron chi connectivity index (χ1n) is 21.2. The number of allylic oxidation sites excluding steroid dienone is 9. The fraction of sp³-hybridized carbons (Fsp3) is 0.727. The lowest BCUT2D eigenvalue weighted by Crippen LogP contribution is -2.29. The highest BCUT2D eigenvalue weighted by atomic mass is 31.2. The van der Waals surface area contributed by atoms with E-state index in [0.29, 0.717) is 19.3 Å². The van der Waals surface area contributed by atoms with Crippen LogP contribution in [0.1, 0.15) is 181 Å². The van der Waals surface area contributed by atoms with Crippen molar-refractivity contribution < 1.29 is 43.0 Å². The Bertz CT molecular complexity index is 1080. The molecular formula is C44H77O9P. The summed E-state index contributed by atoms with van der Waals surface area (Å²) >= 11 is 0. The van der Waals surface area contributed by atoms with Crippen molar-refractivity contribution in [2.45, 2.75) is 193 Å². The summed E-state index contributed by atoms with van der Waals surface area (Å²) in [4.78, 5) is 42.9. The van der Waals surface area contributed by atoms with Crippen molar-refractivity contribution in [3.63, 3.8) is 0 Å². The number of unbranched alkanes of at least 4 members (excludes halogenated alkanes) is 17. The maximum Gasteiger partial charge on any atom is 0.469 e. The molecule has 0 saturated carbocycles. The number of carbonyl (C=O) groups is 2. The Labute approximate surface area is 329 Å². The Morgan fingerprint density at radius 3 is 1.54 bits per heavy atom. The molecule has 0 rings (SSSR count). The van der Waals surface area contributed by atoms with Gasteiger partial charge in [-0.2, -0.15) is 0 Å². The third-order valence-electron chi connectivity index (χ3n) is 8.90. The second-order valence-electron chi connectivity index (χ2n) is 14.1. The zero-order chi connectivity index (χ0) is 39.8. The fourth-order valence-electron chi connectivity index (χ4n) is 5.76. The van der Waals surface area contributed by atoms with Crippen LogP contribution in [0.5, 0.6) is 0 Å². The number of carbonyl (C=O) groups excluding carboxylic acids is 2. The molecule has 3 N–H and O–H groups in total. The number of hydrogen-bond acceptors (Lipinski definition) is 7. The predicted octanol–water partition coefficient (Wildman–Crippen LogP) is 11.9. The van der Waals surface area contributed by atoms with Gasteiger partial charge in [-0.15, -0.1) is 0 Å². The normalized spacial score (nSPS) is 13.6. The maximum absolute atomic E-state index is 12.4. The van der Waals surface area contributed by atoms with Crippen LogP contribution in [-0.2, 0) is 28.2 Å². The van der Waals surface area contributed by atoms with Crippen LogP contribution in [0.3, 0.4) is 0 Å². The van der Waals surface area contributed by atoms with Gasteiger partial charge in [0.1, 0.15) is 6.61 Å². The van der Waals surface area contributed by atoms with E-state index in [0.717, 1.165) is 44.9 Å². The predicted molar refractivity (Wildman–Crippen MR) is 222 cm³/mol. The summed E-state index contributed by atoms with van der Waals surface area (Å²) in [6, 6.07) is 0. The van der Waals surface area contributed by atoms with E-state index >= 15 is 0 Å². The zero-order valence-electron chi connectivity index (χ0n) is 34.0. The van der Waals surface area contributed by atoms with E-state index in [4.69, 9.17) is 19.3 Å². The van der Waals surface area contributed by atoms with E-state index in [1.165, 1.54) is 89.9 Å². The molecule has 0 heterocycles. The molecule has 54 heavy (non-hydrogen) atoms. The van der Waals surface area contributed by atoms with Crippen LogP contribution in [0, 0.1) is 0 Å². The number of esters is 2. The van der Waals surface area contributed by atoms with Crippen molar-refractivity contribution in [1.29, 1.82) is 0 Å². The number of ether oxygens (including phenoxy) is 2. The van der Waals surface area contributed by atoms with Gasteiger partial charge >= 0.3 is 19.8 Å². The number of aliphatic hydroxyl groups is 1. The minimum Gasteiger partial charge on any atom is -0.462 e. The quantitative estimate of drug-likeness (QED) is 0.0184. The molecule has 0 fully saturated rings. The molecule has 0 radical (unpaired) electrons. The highest BCUT2D eigenvalue weighted by Gasteiger charge is 2.23. The Hall–Kier alpha value is -2.29. The molecule has 0 amide bonds. The molecule has 9 nitrogen and oxygen atoms in total. The lowest BCUT2D eigenvalue weighted by atomic mass is 10.0. The second-order valence-corrected chi connectivity index (χ2v) is 15.4. The van der Waals surface area contributed by atoms with Gasteiger partial charge in [-0.1, -0.05) is 184 Å². The second kappa shape index (κ2) is 39.0. The number of phosphoric acid groups is 1. The zero-order valence-corrected chi connectivity index (χ0v) is 34.9. The van der Waals surface area contributed by atoms with Gasteiger partial charge in [0.15, 0.2) is 6.10 Å². The van der Waals surface area contributed by atoms with E-state index in [2.05, 4.69) is 54.8 Å². The average Bonchev–Trinajstić information content (AvgIpc) is 3.13. The Balaban J connectivity index is 4.08. The lowest BCUT2D eigenvalue weighted by Gasteiger charge is -2.18. The first-order valence-corrected chi connectivity index (χ1v) is 22.7. The highest BCUT2D eigenvalue weighted by molar-refractivity contribution is 7.46. The largest absolute Gasteiger partial charge is 0.469 e. The SMILES string of the molecule is CC/C=C\C/C=C\C/C=C\C/C=C\C=C\C(O)CCCC(=O)O[C@H](COC(=O)CCCCCCCCCCCCCCCCCCCC)COP(=O)(O)O. The summed E-state index contributed by atoms with van der Waals surface area (Å²) in [6.07, 6.45) is 45.5. The van der Waals surface area contributed by atoms with Crippen LogP contribution in [0.25, 0.3) is 0 Å². The molecule has 0 saturated heterocycles. The van der Waals surface area contributed by atoms with Gasteiger partial charge in [-0.05, 0) is 44.9 Å². The van der Waals surface area contributed by atoms with Crippen LogP contribution in [0.15, 0.2) is 60.8 Å². The molecule has 0 spiro atoms. The minimum absolute atomic E-state index is 0.0193. The third-order valence-corrected chi connectivity index (χ3v) is 9.39. The fourth-order valence-corrected chi connectivity index (χ4v) is 6.12. The summed E-state index contributed by atoms with van der Waals surface area (Å²) < 4.78 is 26.3. The first kappa shape index (κ1) is 51.7. The molecule has 0 aliphatic rings. The van der Waals surface area contributed by atoms with E-state index in [9.17, 15) is 19.3 Å². The van der Waals surface area contributed by atoms with Crippen LogP contribution in [0.4, 0.5) is 0 Å². The molecule has 0 aromatic carbocycles. The number of hydrogen-bond donors (Lipinski definition) is 3. The van der Waals surface area contributed by atoms with Crippen LogP contribution < -0.4 is 0 Å². The standard InChI is InChI=1S/C44H77O9P/c1-3-5-7-9-11-13-15-17-18-19-20-21-23-25-27-29-31-33-37-43(46)51-39-42(40-52-54(48,49)50)53-44(47)38-34-36-41(45)35-32-30-28-26-24-22-16-14-12-10-8-6-4-2/h6,8,12,14,22,24,28,30,32,35,41-42,45H,3-5,7,9-11,13,15-21,23,25-27,29,31,33-34,36-40H2,1-2H3,(H2,48,49,50)/b8-6-,14-12-,24-22-,30-28-,35-32+/t41?,42-/m1/s1. The molecule has 0 aliphatic heterocycles. The summed E-state index contributed by atoms with van der Waals surface area (Å²) in [5.74, 6) is -1.09.